The number of fused-ring (bicyclic) bond motifs is 1. The summed E-state index contributed by atoms with van der Waals surface area (Å²) in [4.78, 5) is 30.2. The SMILES string of the molecule is CC1CCC(C(=O)O)CN1C(=O)Cc1csc(-c2ccc3c(c2)OCO3)n1. The van der Waals surface area contributed by atoms with Gasteiger partial charge in [0.1, 0.15) is 5.01 Å². The van der Waals surface area contributed by atoms with Crippen molar-refractivity contribution < 1.29 is 24.2 Å². The summed E-state index contributed by atoms with van der Waals surface area (Å²) in [6.45, 7) is 2.46. The average Bonchev–Trinajstić information content (AvgIpc) is 3.30. The molecule has 2 atom stereocenters. The maximum Gasteiger partial charge on any atom is 0.308 e. The third-order valence-electron chi connectivity index (χ3n) is 5.06. The van der Waals surface area contributed by atoms with Gasteiger partial charge in [0.15, 0.2) is 11.5 Å². The van der Waals surface area contributed by atoms with E-state index >= 15 is 0 Å². The fraction of sp³-hybridized carbons (Fsp3) is 0.421. The van der Waals surface area contributed by atoms with Crippen molar-refractivity contribution in [1.82, 2.24) is 9.88 Å². The molecular weight excluding hydrogens is 368 g/mol. The van der Waals surface area contributed by atoms with Gasteiger partial charge < -0.3 is 19.5 Å². The molecule has 2 aliphatic heterocycles. The van der Waals surface area contributed by atoms with Crippen LogP contribution in [-0.4, -0.2) is 46.2 Å². The minimum absolute atomic E-state index is 0.0556. The van der Waals surface area contributed by atoms with Crippen LogP contribution in [-0.2, 0) is 16.0 Å². The number of nitrogens with zero attached hydrogens (tertiary/aromatic N) is 2. The second kappa shape index (κ2) is 7.19. The van der Waals surface area contributed by atoms with Crippen molar-refractivity contribution in [2.45, 2.75) is 32.2 Å². The summed E-state index contributed by atoms with van der Waals surface area (Å²) in [5.74, 6) is 0.0270. The van der Waals surface area contributed by atoms with Gasteiger partial charge in [-0.2, -0.15) is 0 Å². The highest BCUT2D eigenvalue weighted by atomic mass is 32.1. The number of likely N-dealkylation sites (tertiary alicyclic amines) is 1. The molecule has 1 aromatic carbocycles. The van der Waals surface area contributed by atoms with Gasteiger partial charge in [-0.25, -0.2) is 4.98 Å². The minimum atomic E-state index is -0.835. The van der Waals surface area contributed by atoms with Crippen molar-refractivity contribution >= 4 is 23.2 Å². The van der Waals surface area contributed by atoms with E-state index in [0.29, 0.717) is 24.3 Å². The largest absolute Gasteiger partial charge is 0.481 e. The summed E-state index contributed by atoms with van der Waals surface area (Å²) in [6, 6.07) is 5.71. The van der Waals surface area contributed by atoms with E-state index in [9.17, 15) is 14.7 Å². The molecule has 2 aliphatic rings. The number of aliphatic carboxylic acids is 1. The van der Waals surface area contributed by atoms with Crippen LogP contribution in [0.2, 0.25) is 0 Å². The Morgan fingerprint density at radius 2 is 2.11 bits per heavy atom. The van der Waals surface area contributed by atoms with Gasteiger partial charge in [-0.15, -0.1) is 11.3 Å². The zero-order chi connectivity index (χ0) is 19.0. The molecule has 0 saturated carbocycles. The maximum atomic E-state index is 12.7. The zero-order valence-corrected chi connectivity index (χ0v) is 15.7. The van der Waals surface area contributed by atoms with Crippen LogP contribution in [0.5, 0.6) is 11.5 Å². The van der Waals surface area contributed by atoms with Crippen molar-refractivity contribution in [2.24, 2.45) is 5.92 Å². The highest BCUT2D eigenvalue weighted by Crippen LogP contribution is 2.36. The first-order valence-electron chi connectivity index (χ1n) is 8.88. The number of amides is 1. The highest BCUT2D eigenvalue weighted by molar-refractivity contribution is 7.13. The molecular formula is C19H20N2O5S. The van der Waals surface area contributed by atoms with E-state index in [2.05, 4.69) is 4.98 Å². The lowest BCUT2D eigenvalue weighted by molar-refractivity contribution is -0.147. The second-order valence-corrected chi connectivity index (χ2v) is 7.75. The Morgan fingerprint density at radius 1 is 1.30 bits per heavy atom. The summed E-state index contributed by atoms with van der Waals surface area (Å²) in [6.07, 6.45) is 1.51. The highest BCUT2D eigenvalue weighted by Gasteiger charge is 2.32. The summed E-state index contributed by atoms with van der Waals surface area (Å²) >= 11 is 1.47. The number of piperidine rings is 1. The van der Waals surface area contributed by atoms with E-state index in [4.69, 9.17) is 9.47 Å². The van der Waals surface area contributed by atoms with E-state index in [-0.39, 0.29) is 31.7 Å². The molecule has 2 aromatic rings. The molecule has 27 heavy (non-hydrogen) atoms. The van der Waals surface area contributed by atoms with Crippen molar-refractivity contribution in [3.05, 3.63) is 29.3 Å². The quantitative estimate of drug-likeness (QED) is 0.866. The lowest BCUT2D eigenvalue weighted by Gasteiger charge is -2.36. The second-order valence-electron chi connectivity index (χ2n) is 6.90. The molecule has 1 saturated heterocycles. The van der Waals surface area contributed by atoms with Crippen LogP contribution in [0, 0.1) is 5.92 Å². The Kier molecular flexibility index (Phi) is 4.73. The molecule has 0 aliphatic carbocycles. The Morgan fingerprint density at radius 3 is 2.93 bits per heavy atom. The van der Waals surface area contributed by atoms with E-state index in [1.807, 2.05) is 30.5 Å². The number of carbonyl (C=O) groups excluding carboxylic acids is 1. The molecule has 1 fully saturated rings. The van der Waals surface area contributed by atoms with Gasteiger partial charge in [-0.05, 0) is 38.0 Å². The molecule has 2 unspecified atom stereocenters. The predicted octanol–water partition coefficient (Wildman–Crippen LogP) is 2.79. The molecule has 1 aromatic heterocycles. The summed E-state index contributed by atoms with van der Waals surface area (Å²) in [5, 5.41) is 11.9. The molecule has 1 N–H and O–H groups in total. The molecule has 4 rings (SSSR count). The van der Waals surface area contributed by atoms with Crippen molar-refractivity contribution in [3.8, 4) is 22.1 Å². The van der Waals surface area contributed by atoms with Crippen LogP contribution in [0.1, 0.15) is 25.5 Å². The molecule has 0 spiro atoms. The summed E-state index contributed by atoms with van der Waals surface area (Å²) < 4.78 is 10.7. The summed E-state index contributed by atoms with van der Waals surface area (Å²) in [5.41, 5.74) is 1.61. The molecule has 3 heterocycles. The van der Waals surface area contributed by atoms with Crippen LogP contribution >= 0.6 is 11.3 Å². The maximum absolute atomic E-state index is 12.7. The van der Waals surface area contributed by atoms with E-state index in [1.54, 1.807) is 4.90 Å². The zero-order valence-electron chi connectivity index (χ0n) is 14.9. The number of rotatable bonds is 4. The van der Waals surface area contributed by atoms with Crippen molar-refractivity contribution in [1.29, 1.82) is 0 Å². The monoisotopic (exact) mass is 388 g/mol. The number of ether oxygens (including phenoxy) is 2. The number of carbonyl (C=O) groups is 2. The number of hydrogen-bond acceptors (Lipinski definition) is 6. The van der Waals surface area contributed by atoms with Crippen LogP contribution in [0.15, 0.2) is 23.6 Å². The fourth-order valence-corrected chi connectivity index (χ4v) is 4.28. The Balaban J connectivity index is 1.46. The topological polar surface area (TPSA) is 89.0 Å². The van der Waals surface area contributed by atoms with Crippen LogP contribution in [0.4, 0.5) is 0 Å². The van der Waals surface area contributed by atoms with Gasteiger partial charge >= 0.3 is 5.97 Å². The number of carboxylic acids is 1. The van der Waals surface area contributed by atoms with Gasteiger partial charge in [-0.3, -0.25) is 9.59 Å². The Bertz CT molecular complexity index is 881. The fourth-order valence-electron chi connectivity index (χ4n) is 3.46. The Hall–Kier alpha value is -2.61. The molecule has 1 amide bonds. The van der Waals surface area contributed by atoms with Gasteiger partial charge in [-0.1, -0.05) is 0 Å². The van der Waals surface area contributed by atoms with Crippen LogP contribution in [0.25, 0.3) is 10.6 Å². The smallest absolute Gasteiger partial charge is 0.308 e. The number of benzene rings is 1. The Labute approximate surface area is 160 Å². The normalized spacial score (nSPS) is 21.3. The number of carboxylic acid groups (broad SMARTS) is 1. The number of hydrogen-bond donors (Lipinski definition) is 1. The van der Waals surface area contributed by atoms with E-state index in [1.165, 1.54) is 11.3 Å². The van der Waals surface area contributed by atoms with E-state index in [0.717, 1.165) is 16.3 Å². The molecule has 8 heteroatoms. The molecule has 7 nitrogen and oxygen atoms in total. The molecule has 0 radical (unpaired) electrons. The van der Waals surface area contributed by atoms with Gasteiger partial charge in [0.2, 0.25) is 12.7 Å². The first-order chi connectivity index (χ1) is 13.0. The molecule has 142 valence electrons. The standard InChI is InChI=1S/C19H20N2O5S/c1-11-2-3-13(19(23)24)8-21(11)17(22)7-14-9-27-18(20-14)12-4-5-15-16(6-12)26-10-25-15/h4-6,9,11,13H,2-3,7-8,10H2,1H3,(H,23,24). The van der Waals surface area contributed by atoms with Crippen LogP contribution in [0.3, 0.4) is 0 Å². The van der Waals surface area contributed by atoms with Crippen molar-refractivity contribution in [2.75, 3.05) is 13.3 Å². The lowest BCUT2D eigenvalue weighted by Crippen LogP contribution is -2.47. The van der Waals surface area contributed by atoms with E-state index < -0.39 is 11.9 Å². The van der Waals surface area contributed by atoms with Crippen LogP contribution < -0.4 is 9.47 Å². The number of aromatic nitrogens is 1. The lowest BCUT2D eigenvalue weighted by atomic mass is 9.93. The van der Waals surface area contributed by atoms with Gasteiger partial charge in [0.25, 0.3) is 0 Å². The first-order valence-corrected chi connectivity index (χ1v) is 9.76. The summed E-state index contributed by atoms with van der Waals surface area (Å²) in [7, 11) is 0. The van der Waals surface area contributed by atoms with Gasteiger partial charge in [0, 0.05) is 23.5 Å². The third kappa shape index (κ3) is 3.62. The first kappa shape index (κ1) is 17.8. The molecule has 0 bridgehead atoms. The predicted molar refractivity (Wildman–Crippen MR) is 98.9 cm³/mol. The van der Waals surface area contributed by atoms with Crippen molar-refractivity contribution in [3.63, 3.8) is 0 Å². The third-order valence-corrected chi connectivity index (χ3v) is 6.00. The minimum Gasteiger partial charge on any atom is -0.481 e. The number of thiazole rings is 1. The van der Waals surface area contributed by atoms with Gasteiger partial charge in [0.05, 0.1) is 18.0 Å². The average molecular weight is 388 g/mol.